The Morgan fingerprint density at radius 3 is 2.71 bits per heavy atom. The van der Waals surface area contributed by atoms with Crippen LogP contribution in [0.25, 0.3) is 0 Å². The monoisotopic (exact) mass is 256 g/mol. The van der Waals surface area contributed by atoms with Gasteiger partial charge in [-0.15, -0.1) is 0 Å². The van der Waals surface area contributed by atoms with Gasteiger partial charge in [-0.25, -0.2) is 9.93 Å². The van der Waals surface area contributed by atoms with E-state index in [0.717, 1.165) is 4.31 Å². The van der Waals surface area contributed by atoms with Gasteiger partial charge in [0.15, 0.2) is 0 Å². The van der Waals surface area contributed by atoms with Gasteiger partial charge in [0.2, 0.25) is 0 Å². The molecular weight excluding hydrogens is 244 g/mol. The molecule has 0 amide bonds. The highest BCUT2D eigenvalue weighted by Gasteiger charge is 2.24. The Morgan fingerprint density at radius 1 is 1.41 bits per heavy atom. The highest BCUT2D eigenvalue weighted by Crippen LogP contribution is 2.29. The Labute approximate surface area is 98.8 Å². The molecule has 3 N–H and O–H groups in total. The number of nitrogens with zero attached hydrogens (tertiary/aromatic N) is 1. The number of hydrogen-bond donors (Lipinski definition) is 2. The minimum atomic E-state index is -3.79. The number of fused-ring (bicyclic) bond motifs is 1. The summed E-state index contributed by atoms with van der Waals surface area (Å²) in [4.78, 5) is 10.8. The number of anilines is 1. The van der Waals surface area contributed by atoms with Crippen molar-refractivity contribution >= 4 is 21.9 Å². The van der Waals surface area contributed by atoms with Crippen LogP contribution >= 0.6 is 0 Å². The number of hydrogen-bond acceptors (Lipinski definition) is 3. The van der Waals surface area contributed by atoms with Crippen molar-refractivity contribution < 1.29 is 18.3 Å². The average molecular weight is 256 g/mol. The summed E-state index contributed by atoms with van der Waals surface area (Å²) in [6.45, 7) is 0.332. The van der Waals surface area contributed by atoms with E-state index in [0.29, 0.717) is 30.6 Å². The lowest BCUT2D eigenvalue weighted by Crippen LogP contribution is -2.40. The minimum absolute atomic E-state index is 0.153. The predicted octanol–water partition coefficient (Wildman–Crippen LogP) is 0.341. The second kappa shape index (κ2) is 4.01. The van der Waals surface area contributed by atoms with E-state index < -0.39 is 16.2 Å². The quantitative estimate of drug-likeness (QED) is 0.796. The van der Waals surface area contributed by atoms with Crippen molar-refractivity contribution in [2.24, 2.45) is 5.14 Å². The van der Waals surface area contributed by atoms with E-state index in [2.05, 4.69) is 0 Å². The second-order valence-electron chi connectivity index (χ2n) is 3.87. The fraction of sp³-hybridized carbons (Fsp3) is 0.300. The van der Waals surface area contributed by atoms with Gasteiger partial charge in [-0.2, -0.15) is 8.42 Å². The number of aromatic carboxylic acids is 1. The van der Waals surface area contributed by atoms with Gasteiger partial charge < -0.3 is 5.11 Å². The summed E-state index contributed by atoms with van der Waals surface area (Å²) in [5, 5.41) is 14.0. The van der Waals surface area contributed by atoms with Crippen molar-refractivity contribution in [1.29, 1.82) is 0 Å². The Bertz CT molecular complexity index is 568. The van der Waals surface area contributed by atoms with Gasteiger partial charge in [-0.1, -0.05) is 0 Å². The average Bonchev–Trinajstić information content (AvgIpc) is 2.26. The normalized spacial score (nSPS) is 15.5. The van der Waals surface area contributed by atoms with E-state index in [1.807, 2.05) is 0 Å². The van der Waals surface area contributed by atoms with E-state index in [9.17, 15) is 13.2 Å². The minimum Gasteiger partial charge on any atom is -0.478 e. The van der Waals surface area contributed by atoms with Crippen molar-refractivity contribution in [2.75, 3.05) is 10.8 Å². The Morgan fingerprint density at radius 2 is 2.12 bits per heavy atom. The molecule has 1 heterocycles. The molecule has 1 aromatic rings. The summed E-state index contributed by atoms with van der Waals surface area (Å²) in [5.74, 6) is -1.03. The van der Waals surface area contributed by atoms with Crippen LogP contribution in [0.1, 0.15) is 22.3 Å². The first kappa shape index (κ1) is 11.9. The maximum Gasteiger partial charge on any atom is 0.335 e. The van der Waals surface area contributed by atoms with Crippen LogP contribution in [0, 0.1) is 0 Å². The molecule has 0 saturated carbocycles. The number of carbonyl (C=O) groups is 1. The molecule has 92 valence electrons. The Kier molecular flexibility index (Phi) is 2.80. The van der Waals surface area contributed by atoms with E-state index >= 15 is 0 Å². The molecule has 0 radical (unpaired) electrons. The molecule has 6 nitrogen and oxygen atoms in total. The molecule has 0 bridgehead atoms. The lowest BCUT2D eigenvalue weighted by atomic mass is 10.0. The molecule has 1 aliphatic rings. The maximum atomic E-state index is 11.4. The van der Waals surface area contributed by atoms with Crippen LogP contribution in [0.4, 0.5) is 5.69 Å². The molecule has 0 saturated heterocycles. The van der Waals surface area contributed by atoms with E-state index in [1.165, 1.54) is 18.2 Å². The van der Waals surface area contributed by atoms with Crippen LogP contribution in [0.15, 0.2) is 18.2 Å². The number of carboxylic acid groups (broad SMARTS) is 1. The summed E-state index contributed by atoms with van der Waals surface area (Å²) < 4.78 is 23.8. The van der Waals surface area contributed by atoms with Gasteiger partial charge in [0.25, 0.3) is 10.2 Å². The van der Waals surface area contributed by atoms with Gasteiger partial charge in [0, 0.05) is 6.54 Å². The second-order valence-corrected chi connectivity index (χ2v) is 5.34. The number of benzene rings is 1. The highest BCUT2D eigenvalue weighted by molar-refractivity contribution is 7.90. The van der Waals surface area contributed by atoms with E-state index in [4.69, 9.17) is 10.2 Å². The Hall–Kier alpha value is -1.60. The molecule has 1 aliphatic heterocycles. The van der Waals surface area contributed by atoms with Crippen molar-refractivity contribution in [1.82, 2.24) is 0 Å². The lowest BCUT2D eigenvalue weighted by Gasteiger charge is -2.28. The molecule has 7 heteroatoms. The van der Waals surface area contributed by atoms with Crippen molar-refractivity contribution in [3.05, 3.63) is 29.3 Å². The SMILES string of the molecule is NS(=O)(=O)N1CCCc2cc(C(=O)O)ccc21. The molecule has 17 heavy (non-hydrogen) atoms. The number of aryl methyl sites for hydroxylation is 1. The lowest BCUT2D eigenvalue weighted by molar-refractivity contribution is 0.0697. The third-order valence-electron chi connectivity index (χ3n) is 2.71. The maximum absolute atomic E-state index is 11.4. The summed E-state index contributed by atoms with van der Waals surface area (Å²) in [6, 6.07) is 4.36. The first-order valence-corrected chi connectivity index (χ1v) is 6.56. The summed E-state index contributed by atoms with van der Waals surface area (Å²) >= 11 is 0. The number of rotatable bonds is 2. The van der Waals surface area contributed by atoms with Gasteiger partial charge in [-0.05, 0) is 36.6 Å². The highest BCUT2D eigenvalue weighted by atomic mass is 32.2. The standard InChI is InChI=1S/C10H12N2O4S/c11-17(15,16)12-5-1-2-7-6-8(10(13)14)3-4-9(7)12/h3-4,6H,1-2,5H2,(H,13,14)(H2,11,15,16). The molecule has 0 fully saturated rings. The van der Waals surface area contributed by atoms with Gasteiger partial charge in [0.05, 0.1) is 11.3 Å². The van der Waals surface area contributed by atoms with E-state index in [1.54, 1.807) is 0 Å². The first-order valence-electron chi connectivity index (χ1n) is 5.06. The summed E-state index contributed by atoms with van der Waals surface area (Å²) in [7, 11) is -3.79. The molecule has 0 aromatic heterocycles. The third-order valence-corrected chi connectivity index (χ3v) is 3.70. The largest absolute Gasteiger partial charge is 0.478 e. The number of nitrogens with two attached hydrogens (primary N) is 1. The van der Waals surface area contributed by atoms with Crippen LogP contribution in [-0.2, 0) is 16.6 Å². The first-order chi connectivity index (χ1) is 7.89. The zero-order valence-electron chi connectivity index (χ0n) is 8.96. The number of carboxylic acids is 1. The van der Waals surface area contributed by atoms with Crippen LogP contribution in [0.3, 0.4) is 0 Å². The third kappa shape index (κ3) is 2.25. The topological polar surface area (TPSA) is 101 Å². The predicted molar refractivity (Wildman–Crippen MR) is 62.2 cm³/mol. The molecule has 0 atom stereocenters. The zero-order valence-corrected chi connectivity index (χ0v) is 9.77. The van der Waals surface area contributed by atoms with Crippen LogP contribution in [-0.4, -0.2) is 26.0 Å². The van der Waals surface area contributed by atoms with Crippen molar-refractivity contribution in [3.8, 4) is 0 Å². The van der Waals surface area contributed by atoms with Crippen LogP contribution < -0.4 is 9.44 Å². The Balaban J connectivity index is 2.51. The van der Waals surface area contributed by atoms with Crippen molar-refractivity contribution in [3.63, 3.8) is 0 Å². The molecular formula is C10H12N2O4S. The molecule has 1 aromatic carbocycles. The fourth-order valence-corrected chi connectivity index (χ4v) is 2.80. The van der Waals surface area contributed by atoms with Gasteiger partial charge in [-0.3, -0.25) is 4.31 Å². The fourth-order valence-electron chi connectivity index (χ4n) is 1.96. The van der Waals surface area contributed by atoms with Crippen LogP contribution in [0.5, 0.6) is 0 Å². The van der Waals surface area contributed by atoms with E-state index in [-0.39, 0.29) is 5.56 Å². The molecule has 0 aliphatic carbocycles. The summed E-state index contributed by atoms with van der Waals surface area (Å²) in [5.41, 5.74) is 1.33. The summed E-state index contributed by atoms with van der Waals surface area (Å²) in [6.07, 6.45) is 1.29. The van der Waals surface area contributed by atoms with Crippen molar-refractivity contribution in [2.45, 2.75) is 12.8 Å². The molecule has 2 rings (SSSR count). The molecule has 0 unspecified atom stereocenters. The van der Waals surface area contributed by atoms with Crippen LogP contribution in [0.2, 0.25) is 0 Å². The zero-order chi connectivity index (χ0) is 12.6. The van der Waals surface area contributed by atoms with Gasteiger partial charge in [0.1, 0.15) is 0 Å². The van der Waals surface area contributed by atoms with Gasteiger partial charge >= 0.3 is 5.97 Å². The molecule has 0 spiro atoms. The smallest absolute Gasteiger partial charge is 0.335 e.